The Balaban J connectivity index is 2.18. The molecule has 68 valence electrons. The molecule has 1 fully saturated rings. The maximum absolute atomic E-state index is 5.85. The topological polar surface area (TPSA) is 41.6 Å². The minimum absolute atomic E-state index is 0.214. The second-order valence-corrected chi connectivity index (χ2v) is 4.13. The van der Waals surface area contributed by atoms with Gasteiger partial charge >= 0.3 is 0 Å². The van der Waals surface area contributed by atoms with Gasteiger partial charge in [-0.05, 0) is 26.2 Å². The molecule has 0 aromatic carbocycles. The van der Waals surface area contributed by atoms with Gasteiger partial charge in [-0.2, -0.15) is 0 Å². The Labute approximate surface area is 73.6 Å². The van der Waals surface area contributed by atoms with Crippen LogP contribution >= 0.6 is 0 Å². The van der Waals surface area contributed by atoms with Crippen molar-refractivity contribution in [1.82, 2.24) is 4.90 Å². The van der Waals surface area contributed by atoms with Crippen LogP contribution in [0.15, 0.2) is 4.99 Å². The minimum Gasteiger partial charge on any atom is -0.370 e. The molecule has 0 amide bonds. The molecule has 1 atom stereocenters. The van der Waals surface area contributed by atoms with Crippen molar-refractivity contribution in [2.45, 2.75) is 44.7 Å². The molecule has 3 heteroatoms. The van der Waals surface area contributed by atoms with Gasteiger partial charge in [0.15, 0.2) is 5.96 Å². The maximum Gasteiger partial charge on any atom is 0.192 e. The fraction of sp³-hybridized carbons (Fsp3) is 0.889. The fourth-order valence-corrected chi connectivity index (χ4v) is 1.92. The van der Waals surface area contributed by atoms with Crippen molar-refractivity contribution in [1.29, 1.82) is 0 Å². The summed E-state index contributed by atoms with van der Waals surface area (Å²) in [7, 11) is 0. The van der Waals surface area contributed by atoms with Crippen LogP contribution in [0.1, 0.15) is 33.1 Å². The monoisotopic (exact) mass is 167 g/mol. The second-order valence-electron chi connectivity index (χ2n) is 4.13. The SMILES string of the molecule is CCC1(C)CN=C(N)N1C1CC1. The summed E-state index contributed by atoms with van der Waals surface area (Å²) in [6.45, 7) is 5.35. The lowest BCUT2D eigenvalue weighted by Gasteiger charge is -2.35. The molecule has 1 aliphatic carbocycles. The van der Waals surface area contributed by atoms with Crippen molar-refractivity contribution in [3.05, 3.63) is 0 Å². The van der Waals surface area contributed by atoms with E-state index in [0.29, 0.717) is 6.04 Å². The molecule has 1 aliphatic heterocycles. The molecule has 1 heterocycles. The second kappa shape index (κ2) is 2.38. The molecule has 0 bridgehead atoms. The molecule has 2 aliphatic rings. The largest absolute Gasteiger partial charge is 0.370 e. The molecule has 0 aromatic heterocycles. The maximum atomic E-state index is 5.85. The summed E-state index contributed by atoms with van der Waals surface area (Å²) in [4.78, 5) is 6.65. The fourth-order valence-electron chi connectivity index (χ4n) is 1.92. The molecule has 2 N–H and O–H groups in total. The molecule has 1 saturated carbocycles. The van der Waals surface area contributed by atoms with Gasteiger partial charge in [0.05, 0.1) is 12.1 Å². The van der Waals surface area contributed by atoms with Gasteiger partial charge in [-0.3, -0.25) is 4.99 Å². The van der Waals surface area contributed by atoms with Crippen LogP contribution in [0.5, 0.6) is 0 Å². The highest BCUT2D eigenvalue weighted by Crippen LogP contribution is 2.36. The molecule has 0 radical (unpaired) electrons. The van der Waals surface area contributed by atoms with E-state index in [1.165, 1.54) is 12.8 Å². The van der Waals surface area contributed by atoms with E-state index >= 15 is 0 Å². The van der Waals surface area contributed by atoms with E-state index < -0.39 is 0 Å². The standard InChI is InChI=1S/C9H17N3/c1-3-9(2)6-11-8(10)12(9)7-4-5-7/h7H,3-6H2,1-2H3,(H2,10,11). The first-order valence-electron chi connectivity index (χ1n) is 4.76. The molecule has 12 heavy (non-hydrogen) atoms. The predicted octanol–water partition coefficient (Wildman–Crippen LogP) is 0.948. The number of hydrogen-bond acceptors (Lipinski definition) is 3. The normalized spacial score (nSPS) is 35.5. The van der Waals surface area contributed by atoms with E-state index in [-0.39, 0.29) is 5.54 Å². The van der Waals surface area contributed by atoms with E-state index in [1.54, 1.807) is 0 Å². The summed E-state index contributed by atoms with van der Waals surface area (Å²) in [5.74, 6) is 0.766. The lowest BCUT2D eigenvalue weighted by molar-refractivity contribution is 0.207. The molecule has 0 spiro atoms. The van der Waals surface area contributed by atoms with Gasteiger partial charge in [0, 0.05) is 6.04 Å². The zero-order valence-electron chi connectivity index (χ0n) is 7.88. The minimum atomic E-state index is 0.214. The molecule has 0 saturated heterocycles. The highest BCUT2D eigenvalue weighted by atomic mass is 15.4. The van der Waals surface area contributed by atoms with Gasteiger partial charge in [0.25, 0.3) is 0 Å². The van der Waals surface area contributed by atoms with E-state index in [2.05, 4.69) is 23.7 Å². The molecule has 2 rings (SSSR count). The Morgan fingerprint density at radius 1 is 1.67 bits per heavy atom. The van der Waals surface area contributed by atoms with Gasteiger partial charge in [0.1, 0.15) is 0 Å². The summed E-state index contributed by atoms with van der Waals surface area (Å²) >= 11 is 0. The molecular formula is C9H17N3. The summed E-state index contributed by atoms with van der Waals surface area (Å²) < 4.78 is 0. The number of nitrogens with zero attached hydrogens (tertiary/aromatic N) is 2. The first kappa shape index (κ1) is 7.90. The first-order chi connectivity index (χ1) is 5.67. The summed E-state index contributed by atoms with van der Waals surface area (Å²) in [5.41, 5.74) is 6.06. The Morgan fingerprint density at radius 3 is 2.83 bits per heavy atom. The zero-order valence-corrected chi connectivity index (χ0v) is 7.88. The average molecular weight is 167 g/mol. The Morgan fingerprint density at radius 2 is 2.33 bits per heavy atom. The van der Waals surface area contributed by atoms with Crippen LogP contribution in [-0.2, 0) is 0 Å². The van der Waals surface area contributed by atoms with Crippen LogP contribution in [0.4, 0.5) is 0 Å². The highest BCUT2D eigenvalue weighted by Gasteiger charge is 2.44. The number of guanidine groups is 1. The molecule has 0 aromatic rings. The first-order valence-corrected chi connectivity index (χ1v) is 4.76. The zero-order chi connectivity index (χ0) is 8.77. The van der Waals surface area contributed by atoms with E-state index in [1.807, 2.05) is 0 Å². The van der Waals surface area contributed by atoms with Crippen molar-refractivity contribution in [3.8, 4) is 0 Å². The third kappa shape index (κ3) is 0.993. The highest BCUT2D eigenvalue weighted by molar-refractivity contribution is 5.81. The third-order valence-corrected chi connectivity index (χ3v) is 3.08. The molecular weight excluding hydrogens is 150 g/mol. The number of rotatable bonds is 2. The Kier molecular flexibility index (Phi) is 1.56. The van der Waals surface area contributed by atoms with Crippen molar-refractivity contribution >= 4 is 5.96 Å². The van der Waals surface area contributed by atoms with Crippen molar-refractivity contribution in [2.24, 2.45) is 10.7 Å². The smallest absolute Gasteiger partial charge is 0.192 e. The van der Waals surface area contributed by atoms with Crippen LogP contribution in [0.2, 0.25) is 0 Å². The van der Waals surface area contributed by atoms with Crippen molar-refractivity contribution in [2.75, 3.05) is 6.54 Å². The third-order valence-electron chi connectivity index (χ3n) is 3.08. The lowest BCUT2D eigenvalue weighted by atomic mass is 9.98. The predicted molar refractivity (Wildman–Crippen MR) is 50.0 cm³/mol. The van der Waals surface area contributed by atoms with Gasteiger partial charge in [-0.1, -0.05) is 6.92 Å². The van der Waals surface area contributed by atoms with E-state index in [4.69, 9.17) is 5.73 Å². The van der Waals surface area contributed by atoms with Crippen LogP contribution < -0.4 is 5.73 Å². The van der Waals surface area contributed by atoms with E-state index in [9.17, 15) is 0 Å². The van der Waals surface area contributed by atoms with Gasteiger partial charge in [0.2, 0.25) is 0 Å². The number of aliphatic imine (C=N–C) groups is 1. The van der Waals surface area contributed by atoms with Crippen LogP contribution in [0, 0.1) is 0 Å². The van der Waals surface area contributed by atoms with Crippen molar-refractivity contribution < 1.29 is 0 Å². The van der Waals surface area contributed by atoms with Gasteiger partial charge < -0.3 is 10.6 Å². The summed E-state index contributed by atoms with van der Waals surface area (Å²) in [6, 6.07) is 0.696. The Hall–Kier alpha value is -0.730. The number of hydrogen-bond donors (Lipinski definition) is 1. The van der Waals surface area contributed by atoms with Gasteiger partial charge in [-0.15, -0.1) is 0 Å². The van der Waals surface area contributed by atoms with Crippen molar-refractivity contribution in [3.63, 3.8) is 0 Å². The average Bonchev–Trinajstić information content (AvgIpc) is 2.82. The van der Waals surface area contributed by atoms with Gasteiger partial charge in [-0.25, -0.2) is 0 Å². The number of nitrogens with two attached hydrogens (primary N) is 1. The quantitative estimate of drug-likeness (QED) is 0.665. The lowest BCUT2D eigenvalue weighted by Crippen LogP contribution is -2.50. The Bertz CT molecular complexity index is 220. The molecule has 3 nitrogen and oxygen atoms in total. The van der Waals surface area contributed by atoms with Crippen LogP contribution in [0.25, 0.3) is 0 Å². The summed E-state index contributed by atoms with van der Waals surface area (Å²) in [6.07, 6.45) is 3.73. The summed E-state index contributed by atoms with van der Waals surface area (Å²) in [5, 5.41) is 0. The van der Waals surface area contributed by atoms with E-state index in [0.717, 1.165) is 18.9 Å². The van der Waals surface area contributed by atoms with Crippen LogP contribution in [-0.4, -0.2) is 29.0 Å². The van der Waals surface area contributed by atoms with Crippen LogP contribution in [0.3, 0.4) is 0 Å². The molecule has 1 unspecified atom stereocenters.